The minimum Gasteiger partial charge on any atom is -0.397 e. The van der Waals surface area contributed by atoms with Crippen LogP contribution in [-0.4, -0.2) is 17.3 Å². The molecule has 17 heavy (non-hydrogen) atoms. The molecule has 0 heterocycles. The highest BCUT2D eigenvalue weighted by molar-refractivity contribution is 6.31. The van der Waals surface area contributed by atoms with Gasteiger partial charge in [-0.1, -0.05) is 25.4 Å². The Bertz CT molecular complexity index is 386. The summed E-state index contributed by atoms with van der Waals surface area (Å²) in [5.41, 5.74) is 6.10. The van der Waals surface area contributed by atoms with Crippen molar-refractivity contribution >= 4 is 23.0 Å². The fraction of sp³-hybridized carbons (Fsp3) is 0.500. The molecule has 1 aromatic carbocycles. The van der Waals surface area contributed by atoms with Gasteiger partial charge in [0.15, 0.2) is 0 Å². The first-order valence-corrected chi connectivity index (χ1v) is 5.99. The topological polar surface area (TPSA) is 58.3 Å². The average molecular weight is 261 g/mol. The predicted octanol–water partition coefficient (Wildman–Crippen LogP) is 3.02. The highest BCUT2D eigenvalue weighted by Crippen LogP contribution is 2.30. The lowest BCUT2D eigenvalue weighted by Crippen LogP contribution is -2.41. The lowest BCUT2D eigenvalue weighted by Gasteiger charge is -2.32. The lowest BCUT2D eigenvalue weighted by atomic mass is 9.93. The molecule has 0 spiro atoms. The van der Waals surface area contributed by atoms with E-state index in [1.165, 1.54) is 12.1 Å². The zero-order valence-corrected chi connectivity index (χ0v) is 10.8. The van der Waals surface area contributed by atoms with Crippen LogP contribution >= 0.6 is 11.6 Å². The summed E-state index contributed by atoms with van der Waals surface area (Å²) in [6.07, 6.45) is 1.46. The molecule has 0 amide bonds. The zero-order valence-electron chi connectivity index (χ0n) is 10.1. The Labute approximate surface area is 106 Å². The Morgan fingerprint density at radius 2 is 2.00 bits per heavy atom. The third kappa shape index (κ3) is 3.01. The zero-order chi connectivity index (χ0) is 13.1. The summed E-state index contributed by atoms with van der Waals surface area (Å²) < 4.78 is 13.1. The molecular weight excluding hydrogens is 243 g/mol. The van der Waals surface area contributed by atoms with Crippen LogP contribution in [0, 0.1) is 5.82 Å². The van der Waals surface area contributed by atoms with Gasteiger partial charge in [-0.25, -0.2) is 4.39 Å². The number of nitrogens with two attached hydrogens (primary N) is 1. The number of nitrogen functional groups attached to an aromatic ring is 1. The third-order valence-corrected chi connectivity index (χ3v) is 3.44. The van der Waals surface area contributed by atoms with Gasteiger partial charge in [-0.15, -0.1) is 0 Å². The molecule has 0 aromatic heterocycles. The van der Waals surface area contributed by atoms with Gasteiger partial charge in [-0.05, 0) is 18.9 Å². The van der Waals surface area contributed by atoms with Gasteiger partial charge in [0.25, 0.3) is 0 Å². The molecule has 0 saturated carbocycles. The first-order chi connectivity index (χ1) is 7.98. The highest BCUT2D eigenvalue weighted by atomic mass is 35.5. The smallest absolute Gasteiger partial charge is 0.143 e. The van der Waals surface area contributed by atoms with Crippen molar-refractivity contribution in [3.63, 3.8) is 0 Å². The molecule has 4 N–H and O–H groups in total. The normalized spacial score (nSPS) is 11.6. The number of nitrogens with one attached hydrogen (secondary N) is 1. The standard InChI is InChI=1S/C12H18ClFN2O/c1-3-12(4-2,7-17)16-11-5-8(13)9(14)6-10(11)15/h5-6,16-17H,3-4,7,15H2,1-2H3. The van der Waals surface area contributed by atoms with E-state index in [0.29, 0.717) is 5.69 Å². The molecule has 0 radical (unpaired) electrons. The number of anilines is 2. The molecule has 96 valence electrons. The fourth-order valence-electron chi connectivity index (χ4n) is 1.65. The quantitative estimate of drug-likeness (QED) is 0.714. The van der Waals surface area contributed by atoms with Crippen molar-refractivity contribution in [2.45, 2.75) is 32.2 Å². The Balaban J connectivity index is 3.05. The van der Waals surface area contributed by atoms with E-state index < -0.39 is 11.4 Å². The first-order valence-electron chi connectivity index (χ1n) is 5.61. The van der Waals surface area contributed by atoms with E-state index in [4.69, 9.17) is 17.3 Å². The summed E-state index contributed by atoms with van der Waals surface area (Å²) in [5, 5.41) is 12.6. The van der Waals surface area contributed by atoms with Crippen molar-refractivity contribution in [2.75, 3.05) is 17.7 Å². The molecular formula is C12H18ClFN2O. The maximum atomic E-state index is 13.1. The second-order valence-corrected chi connectivity index (χ2v) is 4.53. The van der Waals surface area contributed by atoms with Gasteiger partial charge in [0.1, 0.15) is 5.82 Å². The number of aliphatic hydroxyl groups excluding tert-OH is 1. The van der Waals surface area contributed by atoms with Gasteiger partial charge in [0.2, 0.25) is 0 Å². The minimum absolute atomic E-state index is 0.0146. The van der Waals surface area contributed by atoms with Gasteiger partial charge in [0, 0.05) is 6.07 Å². The predicted molar refractivity (Wildman–Crippen MR) is 69.8 cm³/mol. The number of benzene rings is 1. The average Bonchev–Trinajstić information content (AvgIpc) is 2.33. The summed E-state index contributed by atoms with van der Waals surface area (Å²) >= 11 is 5.71. The van der Waals surface area contributed by atoms with Crippen LogP contribution in [0.3, 0.4) is 0 Å². The van der Waals surface area contributed by atoms with E-state index >= 15 is 0 Å². The number of rotatable bonds is 5. The highest BCUT2D eigenvalue weighted by Gasteiger charge is 2.25. The van der Waals surface area contributed by atoms with Gasteiger partial charge >= 0.3 is 0 Å². The summed E-state index contributed by atoms with van der Waals surface area (Å²) in [6.45, 7) is 3.91. The molecule has 0 atom stereocenters. The second kappa shape index (κ2) is 5.56. The number of hydrogen-bond acceptors (Lipinski definition) is 3. The van der Waals surface area contributed by atoms with E-state index in [0.717, 1.165) is 12.8 Å². The Morgan fingerprint density at radius 1 is 1.41 bits per heavy atom. The van der Waals surface area contributed by atoms with Gasteiger partial charge in [-0.3, -0.25) is 0 Å². The summed E-state index contributed by atoms with van der Waals surface area (Å²) in [4.78, 5) is 0. The Morgan fingerprint density at radius 3 is 2.47 bits per heavy atom. The van der Waals surface area contributed by atoms with Crippen LogP contribution in [-0.2, 0) is 0 Å². The first kappa shape index (κ1) is 14.1. The lowest BCUT2D eigenvalue weighted by molar-refractivity contribution is 0.202. The summed E-state index contributed by atoms with van der Waals surface area (Å²) in [7, 11) is 0. The second-order valence-electron chi connectivity index (χ2n) is 4.12. The maximum absolute atomic E-state index is 13.1. The number of aliphatic hydroxyl groups is 1. The van der Waals surface area contributed by atoms with Crippen molar-refractivity contribution in [1.29, 1.82) is 0 Å². The number of hydrogen-bond donors (Lipinski definition) is 3. The minimum atomic E-state index is -0.544. The molecule has 1 rings (SSSR count). The van der Waals surface area contributed by atoms with Crippen molar-refractivity contribution in [3.8, 4) is 0 Å². The van der Waals surface area contributed by atoms with Crippen LogP contribution in [0.1, 0.15) is 26.7 Å². The molecule has 0 aliphatic rings. The van der Waals surface area contributed by atoms with E-state index in [2.05, 4.69) is 5.32 Å². The van der Waals surface area contributed by atoms with Gasteiger partial charge in [-0.2, -0.15) is 0 Å². The molecule has 5 heteroatoms. The van der Waals surface area contributed by atoms with Crippen LogP contribution in [0.5, 0.6) is 0 Å². The largest absolute Gasteiger partial charge is 0.397 e. The van der Waals surface area contributed by atoms with Crippen LogP contribution < -0.4 is 11.1 Å². The molecule has 0 aliphatic heterocycles. The van der Waals surface area contributed by atoms with Crippen molar-refractivity contribution < 1.29 is 9.50 Å². The summed E-state index contributed by atoms with van der Waals surface area (Å²) in [5.74, 6) is -0.544. The fourth-order valence-corrected chi connectivity index (χ4v) is 1.81. The van der Waals surface area contributed by atoms with Gasteiger partial charge in [0.05, 0.1) is 28.5 Å². The van der Waals surface area contributed by atoms with Crippen LogP contribution in [0.25, 0.3) is 0 Å². The number of halogens is 2. The molecule has 0 unspecified atom stereocenters. The van der Waals surface area contributed by atoms with Crippen molar-refractivity contribution in [1.82, 2.24) is 0 Å². The maximum Gasteiger partial charge on any atom is 0.143 e. The monoisotopic (exact) mass is 260 g/mol. The third-order valence-electron chi connectivity index (χ3n) is 3.15. The van der Waals surface area contributed by atoms with Crippen molar-refractivity contribution in [2.24, 2.45) is 0 Å². The molecule has 3 nitrogen and oxygen atoms in total. The Hall–Kier alpha value is -1.00. The summed E-state index contributed by atoms with van der Waals surface area (Å²) in [6, 6.07) is 2.63. The van der Waals surface area contributed by atoms with E-state index in [1.807, 2.05) is 13.8 Å². The van der Waals surface area contributed by atoms with Crippen LogP contribution in [0.2, 0.25) is 5.02 Å². The molecule has 0 fully saturated rings. The van der Waals surface area contributed by atoms with Crippen molar-refractivity contribution in [3.05, 3.63) is 23.0 Å². The molecule has 0 saturated heterocycles. The van der Waals surface area contributed by atoms with E-state index in [9.17, 15) is 9.50 Å². The van der Waals surface area contributed by atoms with Gasteiger partial charge < -0.3 is 16.2 Å². The molecule has 0 aliphatic carbocycles. The SMILES string of the molecule is CCC(CC)(CO)Nc1cc(Cl)c(F)cc1N. The Kier molecular flexibility index (Phi) is 4.60. The molecule has 1 aromatic rings. The van der Waals surface area contributed by atoms with E-state index in [1.54, 1.807) is 0 Å². The van der Waals surface area contributed by atoms with E-state index in [-0.39, 0.29) is 17.3 Å². The van der Waals surface area contributed by atoms with Crippen LogP contribution in [0.15, 0.2) is 12.1 Å². The van der Waals surface area contributed by atoms with Crippen LogP contribution in [0.4, 0.5) is 15.8 Å². The molecule has 0 bridgehead atoms.